The number of hydrogen-bond donors (Lipinski definition) is 2. The Hall–Kier alpha value is -2.37. The Labute approximate surface area is 118 Å². The number of benzene rings is 1. The predicted molar refractivity (Wildman–Crippen MR) is 78.1 cm³/mol. The van der Waals surface area contributed by atoms with Gasteiger partial charge in [-0.15, -0.1) is 0 Å². The van der Waals surface area contributed by atoms with Gasteiger partial charge in [0, 0.05) is 12.6 Å². The minimum absolute atomic E-state index is 0.175. The number of nitrogens with one attached hydrogen (secondary N) is 2. The quantitative estimate of drug-likeness (QED) is 0.287. The second kappa shape index (κ2) is 7.28. The molecule has 6 nitrogen and oxygen atoms in total. The van der Waals surface area contributed by atoms with Crippen LogP contribution in [0.5, 0.6) is 0 Å². The maximum absolute atomic E-state index is 11.4. The lowest BCUT2D eigenvalue weighted by Crippen LogP contribution is -2.25. The van der Waals surface area contributed by atoms with Crippen molar-refractivity contribution < 1.29 is 18.9 Å². The summed E-state index contributed by atoms with van der Waals surface area (Å²) in [6.45, 7) is 3.78. The summed E-state index contributed by atoms with van der Waals surface area (Å²) in [6, 6.07) is 7.05. The molecule has 0 aliphatic carbocycles. The van der Waals surface area contributed by atoms with E-state index in [4.69, 9.17) is 0 Å². The van der Waals surface area contributed by atoms with Crippen molar-refractivity contribution in [2.45, 2.75) is 13.8 Å². The van der Waals surface area contributed by atoms with Crippen molar-refractivity contribution in [1.82, 2.24) is 0 Å². The van der Waals surface area contributed by atoms with Crippen molar-refractivity contribution in [3.05, 3.63) is 24.3 Å². The third-order valence-electron chi connectivity index (χ3n) is 2.60. The fourth-order valence-electron chi connectivity index (χ4n) is 1.34. The fraction of sp³-hybridized carbons (Fsp3) is 0.357. The maximum Gasteiger partial charge on any atom is 0.397 e. The van der Waals surface area contributed by atoms with Gasteiger partial charge in [-0.3, -0.25) is 9.37 Å². The zero-order valence-corrected chi connectivity index (χ0v) is 12.2. The van der Waals surface area contributed by atoms with Crippen molar-refractivity contribution in [2.75, 3.05) is 31.3 Å². The van der Waals surface area contributed by atoms with E-state index in [2.05, 4.69) is 15.4 Å². The average molecular weight is 278 g/mol. The molecule has 0 fully saturated rings. The number of rotatable bonds is 3. The number of carbonyl (C=O) groups excluding carboxylic acids is 2. The first kappa shape index (κ1) is 15.7. The molecule has 0 radical (unpaired) electrons. The van der Waals surface area contributed by atoms with Crippen LogP contribution >= 0.6 is 0 Å². The molecule has 20 heavy (non-hydrogen) atoms. The largest absolute Gasteiger partial charge is 0.459 e. The molecule has 1 aromatic carbocycles. The summed E-state index contributed by atoms with van der Waals surface area (Å²) < 4.78 is 6.56. The van der Waals surface area contributed by atoms with Crippen molar-refractivity contribution in [1.29, 1.82) is 0 Å². The second-order valence-electron chi connectivity index (χ2n) is 4.36. The SMILES string of the molecule is CCOC(=O)C(=O)Nc1ccc(NC(C)=[N+](C)C)cc1. The lowest BCUT2D eigenvalue weighted by molar-refractivity contribution is -0.464. The van der Waals surface area contributed by atoms with Gasteiger partial charge in [0.25, 0.3) is 0 Å². The van der Waals surface area contributed by atoms with Gasteiger partial charge in [0.1, 0.15) is 5.69 Å². The van der Waals surface area contributed by atoms with E-state index in [1.54, 1.807) is 19.1 Å². The number of amides is 1. The Morgan fingerprint density at radius 2 is 1.60 bits per heavy atom. The van der Waals surface area contributed by atoms with Gasteiger partial charge >= 0.3 is 11.9 Å². The van der Waals surface area contributed by atoms with Crippen LogP contribution in [0.15, 0.2) is 24.3 Å². The van der Waals surface area contributed by atoms with Crippen LogP contribution in [0.25, 0.3) is 0 Å². The van der Waals surface area contributed by atoms with Gasteiger partial charge in [-0.05, 0) is 31.2 Å². The molecule has 0 bridgehead atoms. The number of nitrogens with zero attached hydrogens (tertiary/aromatic N) is 1. The molecule has 1 amide bonds. The molecule has 0 aliphatic heterocycles. The smallest absolute Gasteiger partial charge is 0.397 e. The van der Waals surface area contributed by atoms with Crippen LogP contribution in [-0.4, -0.2) is 43.0 Å². The molecule has 2 N–H and O–H groups in total. The first-order valence-electron chi connectivity index (χ1n) is 6.30. The highest BCUT2D eigenvalue weighted by Crippen LogP contribution is 2.13. The zero-order valence-electron chi connectivity index (χ0n) is 12.2. The van der Waals surface area contributed by atoms with Crippen LogP contribution in [0.1, 0.15) is 13.8 Å². The maximum atomic E-state index is 11.4. The Bertz CT molecular complexity index is 517. The van der Waals surface area contributed by atoms with Crippen LogP contribution in [0, 0.1) is 0 Å². The molecule has 1 rings (SSSR count). The van der Waals surface area contributed by atoms with E-state index in [-0.39, 0.29) is 6.61 Å². The molecule has 6 heteroatoms. The second-order valence-corrected chi connectivity index (χ2v) is 4.36. The van der Waals surface area contributed by atoms with E-state index >= 15 is 0 Å². The molecule has 0 saturated carbocycles. The van der Waals surface area contributed by atoms with Gasteiger partial charge in [0.05, 0.1) is 20.7 Å². The number of hydrogen-bond acceptors (Lipinski definition) is 3. The van der Waals surface area contributed by atoms with Crippen LogP contribution in [0.4, 0.5) is 11.4 Å². The highest BCUT2D eigenvalue weighted by molar-refractivity contribution is 6.37. The molecule has 1 aromatic rings. The summed E-state index contributed by atoms with van der Waals surface area (Å²) in [5.74, 6) is -0.664. The van der Waals surface area contributed by atoms with E-state index in [0.29, 0.717) is 5.69 Å². The number of ether oxygens (including phenoxy) is 1. The Balaban J connectivity index is 2.65. The topological polar surface area (TPSA) is 70.4 Å². The number of carbonyl (C=O) groups is 2. The molecule has 0 heterocycles. The molecule has 0 unspecified atom stereocenters. The predicted octanol–water partition coefficient (Wildman–Crippen LogP) is 1.29. The summed E-state index contributed by atoms with van der Waals surface area (Å²) in [5, 5.41) is 5.67. The molecule has 0 aliphatic rings. The van der Waals surface area contributed by atoms with Gasteiger partial charge in [0.15, 0.2) is 0 Å². The van der Waals surface area contributed by atoms with E-state index in [1.165, 1.54) is 0 Å². The molecular weight excluding hydrogens is 258 g/mol. The normalized spacial score (nSPS) is 9.60. The highest BCUT2D eigenvalue weighted by Gasteiger charge is 2.14. The Kier molecular flexibility index (Phi) is 5.71. The Morgan fingerprint density at radius 3 is 2.05 bits per heavy atom. The van der Waals surface area contributed by atoms with Crippen LogP contribution in [0.3, 0.4) is 0 Å². The van der Waals surface area contributed by atoms with Crippen LogP contribution in [-0.2, 0) is 14.3 Å². The molecule has 0 spiro atoms. The summed E-state index contributed by atoms with van der Waals surface area (Å²) in [4.78, 5) is 22.6. The lowest BCUT2D eigenvalue weighted by Gasteiger charge is -2.05. The Morgan fingerprint density at radius 1 is 1.10 bits per heavy atom. The van der Waals surface area contributed by atoms with Crippen molar-refractivity contribution in [3.63, 3.8) is 0 Å². The number of esters is 1. The number of amidine groups is 1. The van der Waals surface area contributed by atoms with Gasteiger partial charge in [-0.1, -0.05) is 0 Å². The number of anilines is 2. The lowest BCUT2D eigenvalue weighted by atomic mass is 10.2. The van der Waals surface area contributed by atoms with E-state index in [1.807, 2.05) is 37.7 Å². The summed E-state index contributed by atoms with van der Waals surface area (Å²) in [7, 11) is 3.88. The van der Waals surface area contributed by atoms with Crippen molar-refractivity contribution >= 4 is 29.1 Å². The summed E-state index contributed by atoms with van der Waals surface area (Å²) in [5.41, 5.74) is 1.43. The van der Waals surface area contributed by atoms with Crippen LogP contribution in [0.2, 0.25) is 0 Å². The van der Waals surface area contributed by atoms with E-state index in [0.717, 1.165) is 11.5 Å². The molecule has 0 saturated heterocycles. The first-order chi connectivity index (χ1) is 9.43. The third kappa shape index (κ3) is 4.72. The van der Waals surface area contributed by atoms with Crippen molar-refractivity contribution in [2.24, 2.45) is 0 Å². The molecular formula is C14H20N3O3+. The minimum Gasteiger partial charge on any atom is -0.459 e. The highest BCUT2D eigenvalue weighted by atomic mass is 16.5. The van der Waals surface area contributed by atoms with E-state index < -0.39 is 11.9 Å². The standard InChI is InChI=1S/C14H19N3O3/c1-5-20-14(19)13(18)16-12-8-6-11(7-9-12)15-10(2)17(3)4/h6-9H,5H2,1-4H3,(H,16,18)/p+1. The van der Waals surface area contributed by atoms with Gasteiger partial charge in [-0.25, -0.2) is 10.1 Å². The first-order valence-corrected chi connectivity index (χ1v) is 6.30. The molecule has 108 valence electrons. The average Bonchev–Trinajstić information content (AvgIpc) is 2.41. The van der Waals surface area contributed by atoms with Gasteiger partial charge in [0.2, 0.25) is 5.84 Å². The molecule has 0 atom stereocenters. The fourth-order valence-corrected chi connectivity index (χ4v) is 1.34. The third-order valence-corrected chi connectivity index (χ3v) is 2.60. The summed E-state index contributed by atoms with van der Waals surface area (Å²) >= 11 is 0. The summed E-state index contributed by atoms with van der Waals surface area (Å²) in [6.07, 6.45) is 0. The monoisotopic (exact) mass is 278 g/mol. The molecule has 0 aromatic heterocycles. The van der Waals surface area contributed by atoms with Gasteiger partial charge < -0.3 is 10.1 Å². The van der Waals surface area contributed by atoms with Gasteiger partial charge in [-0.2, -0.15) is 0 Å². The van der Waals surface area contributed by atoms with E-state index in [9.17, 15) is 9.59 Å². The minimum atomic E-state index is -0.883. The zero-order chi connectivity index (χ0) is 15.1. The van der Waals surface area contributed by atoms with Crippen LogP contribution < -0.4 is 10.6 Å². The van der Waals surface area contributed by atoms with Crippen molar-refractivity contribution in [3.8, 4) is 0 Å².